The number of hydrogen-bond donors (Lipinski definition) is 2. The van der Waals surface area contributed by atoms with Gasteiger partial charge in [0.2, 0.25) is 10.0 Å². The lowest BCUT2D eigenvalue weighted by molar-refractivity contribution is 0.414. The molecule has 0 aliphatic rings. The van der Waals surface area contributed by atoms with E-state index in [9.17, 15) is 8.42 Å². The van der Waals surface area contributed by atoms with Gasteiger partial charge in [-0.3, -0.25) is 0 Å². The van der Waals surface area contributed by atoms with Gasteiger partial charge in [-0.05, 0) is 44.0 Å². The predicted octanol–water partition coefficient (Wildman–Crippen LogP) is 1.55. The van der Waals surface area contributed by atoms with Crippen LogP contribution in [0.25, 0.3) is 0 Å². The first-order valence-electron chi connectivity index (χ1n) is 7.31. The third-order valence-corrected chi connectivity index (χ3v) is 5.10. The molecule has 0 spiro atoms. The Morgan fingerprint density at radius 2 is 1.86 bits per heavy atom. The minimum absolute atomic E-state index is 0.410. The van der Waals surface area contributed by atoms with E-state index in [2.05, 4.69) is 17.0 Å². The first kappa shape index (κ1) is 17.9. The zero-order valence-electron chi connectivity index (χ0n) is 13.1. The van der Waals surface area contributed by atoms with Crippen molar-refractivity contribution in [1.29, 1.82) is 0 Å². The largest absolute Gasteiger partial charge is 0.497 e. The maximum absolute atomic E-state index is 12.0. The summed E-state index contributed by atoms with van der Waals surface area (Å²) >= 11 is 0. The Morgan fingerprint density at radius 1 is 1.19 bits per heavy atom. The summed E-state index contributed by atoms with van der Waals surface area (Å²) < 4.78 is 31.8. The van der Waals surface area contributed by atoms with Gasteiger partial charge in [0.1, 0.15) is 5.75 Å². The molecule has 0 amide bonds. The summed E-state index contributed by atoms with van der Waals surface area (Å²) in [5.41, 5.74) is 1.08. The average Bonchev–Trinajstić information content (AvgIpc) is 2.48. The monoisotopic (exact) mass is 314 g/mol. The molecule has 0 saturated carbocycles. The molecular weight excluding hydrogens is 288 g/mol. The van der Waals surface area contributed by atoms with Gasteiger partial charge in [-0.2, -0.15) is 0 Å². The Morgan fingerprint density at radius 3 is 2.43 bits per heavy atom. The van der Waals surface area contributed by atoms with E-state index in [4.69, 9.17) is 4.74 Å². The van der Waals surface area contributed by atoms with Gasteiger partial charge in [-0.1, -0.05) is 19.1 Å². The second kappa shape index (κ2) is 9.02. The van der Waals surface area contributed by atoms with Crippen LogP contribution in [0, 0.1) is 0 Å². The van der Waals surface area contributed by atoms with Crippen LogP contribution >= 0.6 is 0 Å². The molecular formula is C15H26N2O3S. The normalized spacial score (nSPS) is 13.1. The van der Waals surface area contributed by atoms with E-state index in [-0.39, 0.29) is 0 Å². The molecule has 1 atom stereocenters. The van der Waals surface area contributed by atoms with Crippen LogP contribution in [0.3, 0.4) is 0 Å². The maximum Gasteiger partial charge on any atom is 0.215 e. The van der Waals surface area contributed by atoms with Crippen molar-refractivity contribution in [2.45, 2.75) is 31.9 Å². The van der Waals surface area contributed by atoms with Gasteiger partial charge in [0.15, 0.2) is 0 Å². The highest BCUT2D eigenvalue weighted by atomic mass is 32.2. The quantitative estimate of drug-likeness (QED) is 0.643. The Hall–Kier alpha value is -1.11. The lowest BCUT2D eigenvalue weighted by Crippen LogP contribution is -2.39. The molecule has 0 aromatic heterocycles. The van der Waals surface area contributed by atoms with Crippen molar-refractivity contribution in [3.8, 4) is 5.75 Å². The van der Waals surface area contributed by atoms with Crippen molar-refractivity contribution in [3.63, 3.8) is 0 Å². The van der Waals surface area contributed by atoms with Crippen molar-refractivity contribution >= 4 is 10.0 Å². The van der Waals surface area contributed by atoms with Crippen LogP contribution in [0.1, 0.15) is 25.8 Å². The number of benzene rings is 1. The molecule has 5 nitrogen and oxygen atoms in total. The third kappa shape index (κ3) is 6.46. The van der Waals surface area contributed by atoms with Gasteiger partial charge in [-0.25, -0.2) is 13.1 Å². The van der Waals surface area contributed by atoms with Crippen LogP contribution in [0.4, 0.5) is 0 Å². The summed E-state index contributed by atoms with van der Waals surface area (Å²) in [4.78, 5) is 0. The lowest BCUT2D eigenvalue weighted by Gasteiger charge is -2.14. The second-order valence-corrected chi connectivity index (χ2v) is 7.24. The van der Waals surface area contributed by atoms with E-state index in [1.807, 2.05) is 24.3 Å². The van der Waals surface area contributed by atoms with Crippen LogP contribution in [-0.2, 0) is 16.4 Å². The fourth-order valence-corrected chi connectivity index (χ4v) is 2.87. The average molecular weight is 314 g/mol. The van der Waals surface area contributed by atoms with Gasteiger partial charge in [0, 0.05) is 13.1 Å². The van der Waals surface area contributed by atoms with Crippen molar-refractivity contribution in [1.82, 2.24) is 10.0 Å². The molecule has 6 heteroatoms. The molecule has 120 valence electrons. The molecule has 1 aromatic rings. The van der Waals surface area contributed by atoms with Crippen LogP contribution in [0.5, 0.6) is 5.75 Å². The molecule has 0 bridgehead atoms. The predicted molar refractivity (Wildman–Crippen MR) is 86.2 cm³/mol. The number of nitrogens with one attached hydrogen (secondary N) is 2. The van der Waals surface area contributed by atoms with Gasteiger partial charge >= 0.3 is 0 Å². The maximum atomic E-state index is 12.0. The van der Waals surface area contributed by atoms with Crippen LogP contribution in [-0.4, -0.2) is 40.4 Å². The SMILES string of the molecule is CCCNCC(C)S(=O)(=O)NCCc1ccc(OC)cc1. The van der Waals surface area contributed by atoms with Crippen LogP contribution < -0.4 is 14.8 Å². The first-order chi connectivity index (χ1) is 9.99. The number of ether oxygens (including phenoxy) is 1. The number of hydrogen-bond acceptors (Lipinski definition) is 4. The molecule has 1 aromatic carbocycles. The van der Waals surface area contributed by atoms with E-state index in [0.717, 1.165) is 24.3 Å². The number of sulfonamides is 1. The Labute approximate surface area is 128 Å². The van der Waals surface area contributed by atoms with E-state index < -0.39 is 15.3 Å². The summed E-state index contributed by atoms with van der Waals surface area (Å²) in [6.45, 7) is 5.50. The molecule has 0 heterocycles. The number of methoxy groups -OCH3 is 1. The van der Waals surface area contributed by atoms with E-state index >= 15 is 0 Å². The molecule has 0 saturated heterocycles. The van der Waals surface area contributed by atoms with Crippen molar-refractivity contribution < 1.29 is 13.2 Å². The summed E-state index contributed by atoms with van der Waals surface area (Å²) in [7, 11) is -1.64. The fraction of sp³-hybridized carbons (Fsp3) is 0.600. The smallest absolute Gasteiger partial charge is 0.215 e. The minimum Gasteiger partial charge on any atom is -0.497 e. The zero-order chi connectivity index (χ0) is 15.7. The van der Waals surface area contributed by atoms with E-state index in [1.165, 1.54) is 0 Å². The molecule has 0 aliphatic heterocycles. The standard InChI is InChI=1S/C15H26N2O3S/c1-4-10-16-12-13(2)21(18,19)17-11-9-14-5-7-15(20-3)8-6-14/h5-8,13,16-17H,4,9-12H2,1-3H3. The highest BCUT2D eigenvalue weighted by Crippen LogP contribution is 2.11. The van der Waals surface area contributed by atoms with E-state index in [0.29, 0.717) is 19.5 Å². The molecule has 2 N–H and O–H groups in total. The highest BCUT2D eigenvalue weighted by molar-refractivity contribution is 7.90. The summed E-state index contributed by atoms with van der Waals surface area (Å²) in [6.07, 6.45) is 1.66. The van der Waals surface area contributed by atoms with Gasteiger partial charge in [0.25, 0.3) is 0 Å². The first-order valence-corrected chi connectivity index (χ1v) is 8.86. The molecule has 0 fully saturated rings. The third-order valence-electron chi connectivity index (χ3n) is 3.26. The van der Waals surface area contributed by atoms with Crippen molar-refractivity contribution in [2.75, 3.05) is 26.7 Å². The Balaban J connectivity index is 2.38. The molecule has 0 aliphatic carbocycles. The molecule has 0 radical (unpaired) electrons. The minimum atomic E-state index is -3.26. The summed E-state index contributed by atoms with van der Waals surface area (Å²) in [5.74, 6) is 0.801. The molecule has 21 heavy (non-hydrogen) atoms. The van der Waals surface area contributed by atoms with E-state index in [1.54, 1.807) is 14.0 Å². The van der Waals surface area contributed by atoms with Gasteiger partial charge in [0.05, 0.1) is 12.4 Å². The molecule has 1 unspecified atom stereocenters. The van der Waals surface area contributed by atoms with Gasteiger partial charge in [-0.15, -0.1) is 0 Å². The lowest BCUT2D eigenvalue weighted by atomic mass is 10.1. The zero-order valence-corrected chi connectivity index (χ0v) is 13.9. The van der Waals surface area contributed by atoms with Crippen molar-refractivity contribution in [2.24, 2.45) is 0 Å². The van der Waals surface area contributed by atoms with Crippen molar-refractivity contribution in [3.05, 3.63) is 29.8 Å². The van der Waals surface area contributed by atoms with Crippen LogP contribution in [0.2, 0.25) is 0 Å². The molecule has 1 rings (SSSR count). The highest BCUT2D eigenvalue weighted by Gasteiger charge is 2.19. The topological polar surface area (TPSA) is 67.4 Å². The summed E-state index contributed by atoms with van der Waals surface area (Å²) in [5, 5.41) is 2.70. The second-order valence-electron chi connectivity index (χ2n) is 5.05. The van der Waals surface area contributed by atoms with Gasteiger partial charge < -0.3 is 10.1 Å². The van der Waals surface area contributed by atoms with Crippen LogP contribution in [0.15, 0.2) is 24.3 Å². The summed E-state index contributed by atoms with van der Waals surface area (Å²) in [6, 6.07) is 7.64. The number of rotatable bonds is 10. The Kier molecular flexibility index (Phi) is 7.71. The Bertz CT molecular complexity index is 500. The fourth-order valence-electron chi connectivity index (χ4n) is 1.86.